The Kier molecular flexibility index (Phi) is 6.03. The van der Waals surface area contributed by atoms with Crippen LogP contribution in [0.4, 0.5) is 11.8 Å². The van der Waals surface area contributed by atoms with Crippen molar-refractivity contribution in [1.29, 1.82) is 0 Å². The van der Waals surface area contributed by atoms with Gasteiger partial charge in [0.25, 0.3) is 0 Å². The third-order valence-corrected chi connectivity index (χ3v) is 7.45. The molecule has 0 aromatic carbocycles. The highest BCUT2D eigenvalue weighted by Crippen LogP contribution is 2.35. The number of H-pyrrole nitrogens is 1. The zero-order valence-electron chi connectivity index (χ0n) is 19.1. The molecule has 0 amide bonds. The van der Waals surface area contributed by atoms with Gasteiger partial charge in [-0.15, -0.1) is 0 Å². The largest absolute Gasteiger partial charge is 0.378 e. The van der Waals surface area contributed by atoms with E-state index in [1.54, 1.807) is 0 Å². The predicted molar refractivity (Wildman–Crippen MR) is 125 cm³/mol. The van der Waals surface area contributed by atoms with Crippen molar-refractivity contribution >= 4 is 22.8 Å². The van der Waals surface area contributed by atoms with Gasteiger partial charge in [-0.2, -0.15) is 9.97 Å². The maximum Gasteiger partial charge on any atom is 0.229 e. The number of anilines is 2. The molecule has 2 aromatic rings. The van der Waals surface area contributed by atoms with E-state index in [9.17, 15) is 0 Å². The number of aryl methyl sites for hydroxylation is 1. The van der Waals surface area contributed by atoms with E-state index in [2.05, 4.69) is 45.0 Å². The molecule has 5 rings (SSSR count). The number of ether oxygens (including phenoxy) is 1. The van der Waals surface area contributed by atoms with Gasteiger partial charge in [-0.1, -0.05) is 19.3 Å². The molecule has 170 valence electrons. The monoisotopic (exact) mass is 427 g/mol. The Labute approximate surface area is 185 Å². The number of fused-ring (bicyclic) bond motifs is 1. The molecule has 4 heterocycles. The van der Waals surface area contributed by atoms with Crippen molar-refractivity contribution in [2.45, 2.75) is 44.6 Å². The first-order valence-electron chi connectivity index (χ1n) is 12.0. The van der Waals surface area contributed by atoms with E-state index < -0.39 is 0 Å². The second kappa shape index (κ2) is 8.92. The standard InChI is InChI=1S/C23H37N7O/c1-18-16-19-20(26-22(27-21(19)25-18)29-12-14-31-15-13-29)24-17-23(6-4-3-5-7-23)30-10-8-28(2)9-11-30/h16H,3-15,17H2,1-2H3,(H2,24,25,26,27). The van der Waals surface area contributed by atoms with Crippen molar-refractivity contribution in [3.8, 4) is 0 Å². The van der Waals surface area contributed by atoms with Gasteiger partial charge in [0, 0.05) is 57.0 Å². The summed E-state index contributed by atoms with van der Waals surface area (Å²) in [6.07, 6.45) is 6.58. The minimum absolute atomic E-state index is 0.237. The lowest BCUT2D eigenvalue weighted by Crippen LogP contribution is -2.60. The zero-order chi connectivity index (χ0) is 21.3. The fourth-order valence-corrected chi connectivity index (χ4v) is 5.51. The number of nitrogens with one attached hydrogen (secondary N) is 2. The van der Waals surface area contributed by atoms with Crippen LogP contribution >= 0.6 is 0 Å². The molecule has 2 aliphatic heterocycles. The van der Waals surface area contributed by atoms with Crippen LogP contribution in [-0.2, 0) is 4.74 Å². The molecular weight excluding hydrogens is 390 g/mol. The third-order valence-electron chi connectivity index (χ3n) is 7.45. The second-order valence-electron chi connectivity index (χ2n) is 9.62. The number of aromatic amines is 1. The van der Waals surface area contributed by atoms with E-state index >= 15 is 0 Å². The molecular formula is C23H37N7O. The number of piperazine rings is 1. The average Bonchev–Trinajstić information content (AvgIpc) is 3.19. The normalized spacial score (nSPS) is 23.4. The summed E-state index contributed by atoms with van der Waals surface area (Å²) in [7, 11) is 2.24. The van der Waals surface area contributed by atoms with Crippen LogP contribution in [0.3, 0.4) is 0 Å². The predicted octanol–water partition coefficient (Wildman–Crippen LogP) is 2.47. The maximum atomic E-state index is 5.53. The number of hydrogen-bond acceptors (Lipinski definition) is 7. The highest BCUT2D eigenvalue weighted by atomic mass is 16.5. The number of morpholine rings is 1. The molecule has 1 aliphatic carbocycles. The summed E-state index contributed by atoms with van der Waals surface area (Å²) in [5, 5.41) is 4.91. The van der Waals surface area contributed by atoms with Crippen LogP contribution in [0.5, 0.6) is 0 Å². The number of rotatable bonds is 5. The van der Waals surface area contributed by atoms with E-state index in [4.69, 9.17) is 14.7 Å². The number of hydrogen-bond donors (Lipinski definition) is 2. The van der Waals surface area contributed by atoms with Gasteiger partial charge in [0.05, 0.1) is 18.6 Å². The summed E-state index contributed by atoms with van der Waals surface area (Å²) in [4.78, 5) is 20.7. The Morgan fingerprint density at radius 3 is 2.52 bits per heavy atom. The van der Waals surface area contributed by atoms with Gasteiger partial charge in [0.2, 0.25) is 5.95 Å². The van der Waals surface area contributed by atoms with Gasteiger partial charge in [0.15, 0.2) is 0 Å². The summed E-state index contributed by atoms with van der Waals surface area (Å²) in [6.45, 7) is 10.9. The van der Waals surface area contributed by atoms with E-state index in [1.165, 1.54) is 45.2 Å². The Bertz CT molecular complexity index is 877. The van der Waals surface area contributed by atoms with Crippen molar-refractivity contribution < 1.29 is 4.74 Å². The number of likely N-dealkylation sites (N-methyl/N-ethyl adjacent to an activating group) is 1. The summed E-state index contributed by atoms with van der Waals surface area (Å²) in [5.41, 5.74) is 2.29. The molecule has 2 aromatic heterocycles. The highest BCUT2D eigenvalue weighted by Gasteiger charge is 2.39. The van der Waals surface area contributed by atoms with Crippen LogP contribution in [0.15, 0.2) is 6.07 Å². The Morgan fingerprint density at radius 2 is 1.77 bits per heavy atom. The van der Waals surface area contributed by atoms with Crippen molar-refractivity contribution in [2.24, 2.45) is 0 Å². The van der Waals surface area contributed by atoms with Crippen molar-refractivity contribution in [1.82, 2.24) is 24.8 Å². The van der Waals surface area contributed by atoms with Crippen LogP contribution < -0.4 is 10.2 Å². The molecule has 0 unspecified atom stereocenters. The maximum absolute atomic E-state index is 5.53. The first-order valence-corrected chi connectivity index (χ1v) is 12.0. The van der Waals surface area contributed by atoms with Gasteiger partial charge in [-0.25, -0.2) is 0 Å². The van der Waals surface area contributed by atoms with E-state index in [0.29, 0.717) is 0 Å². The molecule has 0 bridgehead atoms. The van der Waals surface area contributed by atoms with Gasteiger partial charge in [-0.05, 0) is 32.9 Å². The average molecular weight is 428 g/mol. The van der Waals surface area contributed by atoms with Crippen molar-refractivity contribution in [3.05, 3.63) is 11.8 Å². The van der Waals surface area contributed by atoms with Crippen LogP contribution in [0, 0.1) is 6.92 Å². The molecule has 0 radical (unpaired) electrons. The summed E-state index contributed by atoms with van der Waals surface area (Å²) in [6, 6.07) is 2.17. The smallest absolute Gasteiger partial charge is 0.229 e. The lowest BCUT2D eigenvalue weighted by Gasteiger charge is -2.49. The van der Waals surface area contributed by atoms with Gasteiger partial charge in [0.1, 0.15) is 11.5 Å². The van der Waals surface area contributed by atoms with Crippen molar-refractivity contribution in [2.75, 3.05) is 76.3 Å². The molecule has 0 atom stereocenters. The Balaban J connectivity index is 1.41. The zero-order valence-corrected chi connectivity index (χ0v) is 19.1. The van der Waals surface area contributed by atoms with Crippen molar-refractivity contribution in [3.63, 3.8) is 0 Å². The molecule has 3 aliphatic rings. The fraction of sp³-hybridized carbons (Fsp3) is 0.739. The second-order valence-corrected chi connectivity index (χ2v) is 9.62. The number of aromatic nitrogens is 3. The van der Waals surface area contributed by atoms with E-state index in [0.717, 1.165) is 74.4 Å². The van der Waals surface area contributed by atoms with Gasteiger partial charge < -0.3 is 24.8 Å². The molecule has 3 fully saturated rings. The Hall–Kier alpha value is -1.90. The van der Waals surface area contributed by atoms with E-state index in [1.807, 2.05) is 0 Å². The SMILES string of the molecule is Cc1cc2c(NCC3(N4CCN(C)CC4)CCCCC3)nc(N3CCOCC3)nc2[nH]1. The lowest BCUT2D eigenvalue weighted by molar-refractivity contribution is 0.0221. The summed E-state index contributed by atoms with van der Waals surface area (Å²) < 4.78 is 5.53. The van der Waals surface area contributed by atoms with Crippen LogP contribution in [0.25, 0.3) is 11.0 Å². The number of nitrogens with zero attached hydrogens (tertiary/aromatic N) is 5. The summed E-state index contributed by atoms with van der Waals surface area (Å²) >= 11 is 0. The highest BCUT2D eigenvalue weighted by molar-refractivity contribution is 5.89. The summed E-state index contributed by atoms with van der Waals surface area (Å²) in [5.74, 6) is 1.77. The molecule has 8 nitrogen and oxygen atoms in total. The molecule has 2 saturated heterocycles. The van der Waals surface area contributed by atoms with Gasteiger partial charge in [-0.3, -0.25) is 4.90 Å². The third kappa shape index (κ3) is 4.38. The quantitative estimate of drug-likeness (QED) is 0.759. The molecule has 2 N–H and O–H groups in total. The molecule has 31 heavy (non-hydrogen) atoms. The minimum atomic E-state index is 0.237. The van der Waals surface area contributed by atoms with Gasteiger partial charge >= 0.3 is 0 Å². The van der Waals surface area contributed by atoms with E-state index in [-0.39, 0.29) is 5.54 Å². The lowest BCUT2D eigenvalue weighted by atomic mass is 9.79. The topological polar surface area (TPSA) is 72.6 Å². The van der Waals surface area contributed by atoms with Crippen LogP contribution in [-0.4, -0.2) is 96.4 Å². The molecule has 0 spiro atoms. The first kappa shape index (κ1) is 21.0. The fourth-order valence-electron chi connectivity index (χ4n) is 5.51. The molecule has 8 heteroatoms. The molecule has 1 saturated carbocycles. The minimum Gasteiger partial charge on any atom is -0.378 e. The van der Waals surface area contributed by atoms with Crippen LogP contribution in [0.2, 0.25) is 0 Å². The Morgan fingerprint density at radius 1 is 1.03 bits per heavy atom. The van der Waals surface area contributed by atoms with Crippen LogP contribution in [0.1, 0.15) is 37.8 Å². The first-order chi connectivity index (χ1) is 15.1.